The number of hydrogen-bond donors (Lipinski definition) is 0. The van der Waals surface area contributed by atoms with E-state index in [0.29, 0.717) is 12.3 Å². The van der Waals surface area contributed by atoms with Crippen molar-refractivity contribution in [1.29, 1.82) is 0 Å². The van der Waals surface area contributed by atoms with Crippen LogP contribution in [0.4, 0.5) is 0 Å². The van der Waals surface area contributed by atoms with Crippen LogP contribution in [0.2, 0.25) is 0 Å². The number of aldehydes is 1. The molecule has 1 aliphatic carbocycles. The van der Waals surface area contributed by atoms with Gasteiger partial charge in [0.15, 0.2) is 0 Å². The lowest BCUT2D eigenvalue weighted by Crippen LogP contribution is -2.09. The Morgan fingerprint density at radius 2 is 2.29 bits per heavy atom. The molecule has 1 aliphatic rings. The van der Waals surface area contributed by atoms with Gasteiger partial charge in [-0.05, 0) is 30.6 Å². The highest BCUT2D eigenvalue weighted by molar-refractivity contribution is 5.49. The van der Waals surface area contributed by atoms with Gasteiger partial charge in [-0.1, -0.05) is 38.8 Å². The zero-order chi connectivity index (χ0) is 10.6. The summed E-state index contributed by atoms with van der Waals surface area (Å²) in [6.45, 7) is 8.66. The van der Waals surface area contributed by atoms with Gasteiger partial charge in [0.1, 0.15) is 6.29 Å². The monoisotopic (exact) mass is 194 g/mol. The van der Waals surface area contributed by atoms with E-state index < -0.39 is 0 Å². The molecule has 1 rings (SSSR count). The van der Waals surface area contributed by atoms with Crippen LogP contribution in [-0.4, -0.2) is 6.29 Å². The minimum atomic E-state index is 0.479. The first kappa shape index (κ1) is 11.5. The molecule has 1 nitrogen and oxygen atoms in total. The molecule has 0 aliphatic heterocycles. The van der Waals surface area contributed by atoms with Crippen LogP contribution < -0.4 is 0 Å². The van der Waals surface area contributed by atoms with Crippen LogP contribution >= 0.6 is 0 Å². The quantitative estimate of drug-likeness (QED) is 0.483. The van der Waals surface area contributed by atoms with Gasteiger partial charge in [-0.3, -0.25) is 0 Å². The fraction of sp³-hybridized carbons (Fsp3) is 0.769. The van der Waals surface area contributed by atoms with E-state index in [1.807, 2.05) is 0 Å². The molecule has 3 atom stereocenters. The third kappa shape index (κ3) is 2.97. The van der Waals surface area contributed by atoms with E-state index in [9.17, 15) is 4.79 Å². The molecular formula is C13H22O. The van der Waals surface area contributed by atoms with Gasteiger partial charge in [-0.15, -0.1) is 0 Å². The standard InChI is InChI=1S/C13H22O/c1-10(7-8-14)9-12(3)13-6-4-5-11(13)2/h8,10-11,13H,3-7,9H2,1-2H3. The summed E-state index contributed by atoms with van der Waals surface area (Å²) in [4.78, 5) is 10.4. The molecule has 0 heterocycles. The van der Waals surface area contributed by atoms with Crippen molar-refractivity contribution in [3.05, 3.63) is 12.2 Å². The third-order valence-corrected chi connectivity index (χ3v) is 3.50. The Hall–Kier alpha value is -0.590. The molecule has 0 amide bonds. The van der Waals surface area contributed by atoms with E-state index in [4.69, 9.17) is 0 Å². The molecule has 0 aromatic heterocycles. The Kier molecular flexibility index (Phi) is 4.37. The second-order valence-electron chi connectivity index (χ2n) is 4.88. The lowest BCUT2D eigenvalue weighted by Gasteiger charge is -2.20. The van der Waals surface area contributed by atoms with E-state index in [0.717, 1.165) is 24.5 Å². The zero-order valence-electron chi connectivity index (χ0n) is 9.46. The molecule has 0 bridgehead atoms. The Labute approximate surface area is 87.6 Å². The molecule has 0 radical (unpaired) electrons. The van der Waals surface area contributed by atoms with Gasteiger partial charge >= 0.3 is 0 Å². The first-order valence-electron chi connectivity index (χ1n) is 5.76. The van der Waals surface area contributed by atoms with Crippen molar-refractivity contribution >= 4 is 6.29 Å². The Morgan fingerprint density at radius 1 is 1.57 bits per heavy atom. The van der Waals surface area contributed by atoms with Crippen molar-refractivity contribution in [3.8, 4) is 0 Å². The average molecular weight is 194 g/mol. The maximum atomic E-state index is 10.4. The summed E-state index contributed by atoms with van der Waals surface area (Å²) in [5, 5.41) is 0. The number of allylic oxidation sites excluding steroid dienone is 1. The normalized spacial score (nSPS) is 28.7. The molecule has 1 saturated carbocycles. The molecule has 1 fully saturated rings. The molecule has 0 N–H and O–H groups in total. The fourth-order valence-corrected chi connectivity index (χ4v) is 2.60. The van der Waals surface area contributed by atoms with Crippen molar-refractivity contribution in [2.24, 2.45) is 17.8 Å². The molecule has 14 heavy (non-hydrogen) atoms. The highest BCUT2D eigenvalue weighted by Gasteiger charge is 2.25. The van der Waals surface area contributed by atoms with E-state index >= 15 is 0 Å². The van der Waals surface area contributed by atoms with Crippen LogP contribution in [0.25, 0.3) is 0 Å². The smallest absolute Gasteiger partial charge is 0.120 e. The molecule has 0 aromatic carbocycles. The first-order valence-corrected chi connectivity index (χ1v) is 5.76. The maximum absolute atomic E-state index is 10.4. The van der Waals surface area contributed by atoms with Crippen molar-refractivity contribution in [2.75, 3.05) is 0 Å². The highest BCUT2D eigenvalue weighted by atomic mass is 16.1. The van der Waals surface area contributed by atoms with Gasteiger partial charge in [0, 0.05) is 6.42 Å². The average Bonchev–Trinajstić information content (AvgIpc) is 2.51. The predicted octanol–water partition coefficient (Wildman–Crippen LogP) is 3.59. The molecule has 3 unspecified atom stereocenters. The fourth-order valence-electron chi connectivity index (χ4n) is 2.60. The van der Waals surface area contributed by atoms with Gasteiger partial charge in [0.05, 0.1) is 0 Å². The Morgan fingerprint density at radius 3 is 2.79 bits per heavy atom. The molecule has 80 valence electrons. The number of carbonyl (C=O) groups is 1. The van der Waals surface area contributed by atoms with Crippen molar-refractivity contribution < 1.29 is 4.79 Å². The second kappa shape index (κ2) is 5.33. The van der Waals surface area contributed by atoms with E-state index in [2.05, 4.69) is 20.4 Å². The van der Waals surface area contributed by atoms with Crippen molar-refractivity contribution in [1.82, 2.24) is 0 Å². The largest absolute Gasteiger partial charge is 0.303 e. The van der Waals surface area contributed by atoms with Crippen molar-refractivity contribution in [3.63, 3.8) is 0 Å². The first-order chi connectivity index (χ1) is 6.65. The van der Waals surface area contributed by atoms with Crippen LogP contribution in [-0.2, 0) is 4.79 Å². The Balaban J connectivity index is 2.37. The highest BCUT2D eigenvalue weighted by Crippen LogP contribution is 2.38. The lowest BCUT2D eigenvalue weighted by molar-refractivity contribution is -0.108. The lowest BCUT2D eigenvalue weighted by atomic mass is 9.85. The number of rotatable bonds is 5. The summed E-state index contributed by atoms with van der Waals surface area (Å²) >= 11 is 0. The van der Waals surface area contributed by atoms with Gasteiger partial charge in [0.2, 0.25) is 0 Å². The summed E-state index contributed by atoms with van der Waals surface area (Å²) in [5.74, 6) is 2.02. The molecule has 0 saturated heterocycles. The summed E-state index contributed by atoms with van der Waals surface area (Å²) in [6.07, 6.45) is 6.76. The van der Waals surface area contributed by atoms with E-state index in [1.54, 1.807) is 0 Å². The SMILES string of the molecule is C=C(CC(C)CC=O)C1CCCC1C. The third-order valence-electron chi connectivity index (χ3n) is 3.50. The molecular weight excluding hydrogens is 172 g/mol. The van der Waals surface area contributed by atoms with Crippen LogP contribution in [0, 0.1) is 17.8 Å². The van der Waals surface area contributed by atoms with E-state index in [-0.39, 0.29) is 0 Å². The minimum absolute atomic E-state index is 0.479. The van der Waals surface area contributed by atoms with Crippen molar-refractivity contribution in [2.45, 2.75) is 46.0 Å². The summed E-state index contributed by atoms with van der Waals surface area (Å²) < 4.78 is 0. The van der Waals surface area contributed by atoms with Crippen LogP contribution in [0.5, 0.6) is 0 Å². The van der Waals surface area contributed by atoms with Crippen LogP contribution in [0.3, 0.4) is 0 Å². The zero-order valence-corrected chi connectivity index (χ0v) is 9.46. The molecule has 0 spiro atoms. The second-order valence-corrected chi connectivity index (χ2v) is 4.88. The maximum Gasteiger partial charge on any atom is 0.120 e. The molecule has 1 heteroatoms. The van der Waals surface area contributed by atoms with Gasteiger partial charge in [-0.2, -0.15) is 0 Å². The molecule has 0 aromatic rings. The van der Waals surface area contributed by atoms with Gasteiger partial charge in [0.25, 0.3) is 0 Å². The van der Waals surface area contributed by atoms with Gasteiger partial charge < -0.3 is 4.79 Å². The Bertz CT molecular complexity index is 207. The van der Waals surface area contributed by atoms with E-state index in [1.165, 1.54) is 24.8 Å². The number of carbonyl (C=O) groups excluding carboxylic acids is 1. The summed E-state index contributed by atoms with van der Waals surface area (Å²) in [6, 6.07) is 0. The predicted molar refractivity (Wildman–Crippen MR) is 60.1 cm³/mol. The topological polar surface area (TPSA) is 17.1 Å². The summed E-state index contributed by atoms with van der Waals surface area (Å²) in [7, 11) is 0. The van der Waals surface area contributed by atoms with Gasteiger partial charge in [-0.25, -0.2) is 0 Å². The van der Waals surface area contributed by atoms with Crippen LogP contribution in [0.1, 0.15) is 46.0 Å². The van der Waals surface area contributed by atoms with Crippen LogP contribution in [0.15, 0.2) is 12.2 Å². The summed E-state index contributed by atoms with van der Waals surface area (Å²) in [5.41, 5.74) is 1.38. The minimum Gasteiger partial charge on any atom is -0.303 e. The number of hydrogen-bond acceptors (Lipinski definition) is 1.